The molecule has 0 spiro atoms. The standard InChI is InChI=1S/C18H16N2O4/c21-17(16-7-8-24-20-16)19-11-15(18(22)23)10-12-5-6-13-3-1-2-4-14(13)9-12/h1-9,15H,10-11H2,(H,19,21)(H,22,23). The topological polar surface area (TPSA) is 92.4 Å². The van der Waals surface area contributed by atoms with Crippen LogP contribution in [0.25, 0.3) is 10.8 Å². The van der Waals surface area contributed by atoms with Gasteiger partial charge in [0.2, 0.25) is 0 Å². The Balaban J connectivity index is 1.68. The Morgan fingerprint density at radius 3 is 2.62 bits per heavy atom. The van der Waals surface area contributed by atoms with E-state index in [0.717, 1.165) is 16.3 Å². The number of aromatic nitrogens is 1. The Morgan fingerprint density at radius 1 is 1.12 bits per heavy atom. The van der Waals surface area contributed by atoms with E-state index >= 15 is 0 Å². The minimum Gasteiger partial charge on any atom is -0.481 e. The van der Waals surface area contributed by atoms with E-state index in [-0.39, 0.29) is 12.2 Å². The third-order valence-electron chi connectivity index (χ3n) is 3.82. The summed E-state index contributed by atoms with van der Waals surface area (Å²) in [6.07, 6.45) is 1.62. The molecular formula is C18H16N2O4. The summed E-state index contributed by atoms with van der Waals surface area (Å²) in [4.78, 5) is 23.3. The van der Waals surface area contributed by atoms with Crippen molar-refractivity contribution in [2.45, 2.75) is 6.42 Å². The molecule has 1 unspecified atom stereocenters. The van der Waals surface area contributed by atoms with E-state index in [1.807, 2.05) is 42.5 Å². The van der Waals surface area contributed by atoms with Crippen molar-refractivity contribution in [1.29, 1.82) is 0 Å². The Labute approximate surface area is 138 Å². The van der Waals surface area contributed by atoms with Crippen molar-refractivity contribution in [3.05, 3.63) is 66.1 Å². The van der Waals surface area contributed by atoms with Crippen LogP contribution in [0.1, 0.15) is 16.1 Å². The fourth-order valence-electron chi connectivity index (χ4n) is 2.53. The van der Waals surface area contributed by atoms with Crippen LogP contribution in [0.4, 0.5) is 0 Å². The number of benzene rings is 2. The SMILES string of the molecule is O=C(NCC(Cc1ccc2ccccc2c1)C(=O)O)c1ccon1. The number of carboxylic acid groups (broad SMARTS) is 1. The molecular weight excluding hydrogens is 308 g/mol. The number of hydrogen-bond donors (Lipinski definition) is 2. The highest BCUT2D eigenvalue weighted by molar-refractivity contribution is 5.92. The number of carboxylic acids is 1. The Hall–Kier alpha value is -3.15. The highest BCUT2D eigenvalue weighted by Gasteiger charge is 2.20. The molecule has 1 aromatic heterocycles. The third-order valence-corrected chi connectivity index (χ3v) is 3.82. The van der Waals surface area contributed by atoms with Crippen molar-refractivity contribution in [3.8, 4) is 0 Å². The number of carbonyl (C=O) groups is 2. The van der Waals surface area contributed by atoms with E-state index in [2.05, 4.69) is 15.0 Å². The molecule has 0 bridgehead atoms. The number of aliphatic carboxylic acids is 1. The molecule has 0 fully saturated rings. The first-order valence-electron chi connectivity index (χ1n) is 7.52. The van der Waals surface area contributed by atoms with Crippen LogP contribution in [0, 0.1) is 5.92 Å². The lowest BCUT2D eigenvalue weighted by Crippen LogP contribution is -2.34. The van der Waals surface area contributed by atoms with Crippen molar-refractivity contribution in [1.82, 2.24) is 10.5 Å². The number of rotatable bonds is 6. The first-order valence-corrected chi connectivity index (χ1v) is 7.52. The second-order valence-electron chi connectivity index (χ2n) is 5.52. The van der Waals surface area contributed by atoms with Gasteiger partial charge in [0.25, 0.3) is 5.91 Å². The van der Waals surface area contributed by atoms with Gasteiger partial charge in [-0.25, -0.2) is 0 Å². The van der Waals surface area contributed by atoms with Gasteiger partial charge >= 0.3 is 5.97 Å². The molecule has 3 aromatic rings. The molecule has 1 amide bonds. The first kappa shape index (κ1) is 15.7. The number of hydrogen-bond acceptors (Lipinski definition) is 4. The van der Waals surface area contributed by atoms with Gasteiger partial charge < -0.3 is 14.9 Å². The van der Waals surface area contributed by atoms with Crippen LogP contribution >= 0.6 is 0 Å². The lowest BCUT2D eigenvalue weighted by molar-refractivity contribution is -0.141. The van der Waals surface area contributed by atoms with Gasteiger partial charge in [0.05, 0.1) is 5.92 Å². The van der Waals surface area contributed by atoms with Crippen molar-refractivity contribution in [3.63, 3.8) is 0 Å². The predicted molar refractivity (Wildman–Crippen MR) is 87.6 cm³/mol. The quantitative estimate of drug-likeness (QED) is 0.727. The van der Waals surface area contributed by atoms with Gasteiger partial charge in [0.15, 0.2) is 5.69 Å². The lowest BCUT2D eigenvalue weighted by Gasteiger charge is -2.13. The zero-order valence-electron chi connectivity index (χ0n) is 12.8. The Bertz CT molecular complexity index is 858. The molecule has 6 nitrogen and oxygen atoms in total. The molecule has 2 aromatic carbocycles. The normalized spacial score (nSPS) is 12.0. The van der Waals surface area contributed by atoms with Gasteiger partial charge in [0, 0.05) is 12.6 Å². The van der Waals surface area contributed by atoms with Gasteiger partial charge in [-0.1, -0.05) is 47.6 Å². The number of fused-ring (bicyclic) bond motifs is 1. The Morgan fingerprint density at radius 2 is 1.92 bits per heavy atom. The number of carbonyl (C=O) groups excluding carboxylic acids is 1. The molecule has 122 valence electrons. The number of nitrogens with one attached hydrogen (secondary N) is 1. The molecule has 0 aliphatic carbocycles. The molecule has 0 saturated heterocycles. The van der Waals surface area contributed by atoms with Crippen LogP contribution in [0.2, 0.25) is 0 Å². The summed E-state index contributed by atoms with van der Waals surface area (Å²) < 4.78 is 4.60. The smallest absolute Gasteiger partial charge is 0.308 e. The molecule has 24 heavy (non-hydrogen) atoms. The highest BCUT2D eigenvalue weighted by atomic mass is 16.5. The van der Waals surface area contributed by atoms with Gasteiger partial charge in [-0.3, -0.25) is 9.59 Å². The molecule has 2 N–H and O–H groups in total. The second kappa shape index (κ2) is 6.95. The molecule has 1 heterocycles. The minimum atomic E-state index is -0.955. The molecule has 6 heteroatoms. The van der Waals surface area contributed by atoms with Gasteiger partial charge in [-0.15, -0.1) is 0 Å². The summed E-state index contributed by atoms with van der Waals surface area (Å²) >= 11 is 0. The average molecular weight is 324 g/mol. The van der Waals surface area contributed by atoms with Crippen LogP contribution in [0.15, 0.2) is 59.3 Å². The summed E-state index contributed by atoms with van der Waals surface area (Å²) in [6, 6.07) is 15.2. The van der Waals surface area contributed by atoms with Crippen molar-refractivity contribution < 1.29 is 19.2 Å². The van der Waals surface area contributed by atoms with Crippen molar-refractivity contribution in [2.75, 3.05) is 6.54 Å². The van der Waals surface area contributed by atoms with Crippen molar-refractivity contribution >= 4 is 22.6 Å². The summed E-state index contributed by atoms with van der Waals surface area (Å²) in [7, 11) is 0. The minimum absolute atomic E-state index is 0.0217. The maximum atomic E-state index is 11.8. The summed E-state index contributed by atoms with van der Waals surface area (Å²) in [6.45, 7) is 0.0217. The monoisotopic (exact) mass is 324 g/mol. The average Bonchev–Trinajstić information content (AvgIpc) is 3.12. The second-order valence-corrected chi connectivity index (χ2v) is 5.52. The molecule has 3 rings (SSSR count). The zero-order valence-corrected chi connectivity index (χ0v) is 12.8. The van der Waals surface area contributed by atoms with Crippen LogP contribution in [0.5, 0.6) is 0 Å². The molecule has 0 aliphatic rings. The van der Waals surface area contributed by atoms with Crippen LogP contribution in [0.3, 0.4) is 0 Å². The maximum absolute atomic E-state index is 11.8. The molecule has 1 atom stereocenters. The summed E-state index contributed by atoms with van der Waals surface area (Å²) in [5.74, 6) is -2.13. The van der Waals surface area contributed by atoms with Crippen LogP contribution < -0.4 is 5.32 Å². The van der Waals surface area contributed by atoms with E-state index in [9.17, 15) is 14.7 Å². The number of amides is 1. The van der Waals surface area contributed by atoms with Crippen molar-refractivity contribution in [2.24, 2.45) is 5.92 Å². The van der Waals surface area contributed by atoms with E-state index in [4.69, 9.17) is 0 Å². The van der Waals surface area contributed by atoms with Gasteiger partial charge in [-0.2, -0.15) is 0 Å². The summed E-state index contributed by atoms with van der Waals surface area (Å²) in [5.41, 5.74) is 1.04. The van der Waals surface area contributed by atoms with Gasteiger partial charge in [0.1, 0.15) is 6.26 Å². The van der Waals surface area contributed by atoms with Gasteiger partial charge in [-0.05, 0) is 22.8 Å². The fraction of sp³-hybridized carbons (Fsp3) is 0.167. The van der Waals surface area contributed by atoms with Crippen LogP contribution in [-0.2, 0) is 11.2 Å². The van der Waals surface area contributed by atoms with Crippen LogP contribution in [-0.4, -0.2) is 28.7 Å². The highest BCUT2D eigenvalue weighted by Crippen LogP contribution is 2.18. The first-order chi connectivity index (χ1) is 11.6. The van der Waals surface area contributed by atoms with E-state index in [0.29, 0.717) is 6.42 Å². The Kier molecular flexibility index (Phi) is 4.56. The number of nitrogens with zero attached hydrogens (tertiary/aromatic N) is 1. The zero-order chi connectivity index (χ0) is 16.9. The predicted octanol–water partition coefficient (Wildman–Crippen LogP) is 2.50. The summed E-state index contributed by atoms with van der Waals surface area (Å²) in [5, 5.41) is 17.7. The third kappa shape index (κ3) is 3.60. The molecule has 0 saturated carbocycles. The van der Waals surface area contributed by atoms with E-state index in [1.54, 1.807) is 0 Å². The lowest BCUT2D eigenvalue weighted by atomic mass is 9.97. The fourth-order valence-corrected chi connectivity index (χ4v) is 2.53. The largest absolute Gasteiger partial charge is 0.481 e. The van der Waals surface area contributed by atoms with E-state index < -0.39 is 17.8 Å². The molecule has 0 radical (unpaired) electrons. The maximum Gasteiger partial charge on any atom is 0.308 e. The molecule has 0 aliphatic heterocycles. The van der Waals surface area contributed by atoms with E-state index in [1.165, 1.54) is 12.3 Å².